The molecule has 3 saturated carbocycles. The lowest BCUT2D eigenvalue weighted by molar-refractivity contribution is -0.103. The number of amides is 1. The third-order valence-corrected chi connectivity index (χ3v) is 9.78. The number of hydrogen-bond acceptors (Lipinski definition) is 4. The van der Waals surface area contributed by atoms with Crippen molar-refractivity contribution in [1.29, 1.82) is 0 Å². The number of rotatable bonds is 4. The highest BCUT2D eigenvalue weighted by molar-refractivity contribution is 7.19. The Bertz CT molecular complexity index is 1340. The molecule has 0 radical (unpaired) electrons. The Hall–Kier alpha value is -2.05. The Morgan fingerprint density at radius 2 is 2.21 bits per heavy atom. The fourth-order valence-electron chi connectivity index (χ4n) is 6.36. The standard InChI is InChI=1S/C26H30ClN3O2S/c1-13-5-8-19(18(27)9-13)30-22-23(32-20-10-14(2)33-24(20)22)21(29-30)25(31)28-12-15-6-7-16-11-17(15)26(16,3)4/h8-10,13,15-17H,5-7,11-12H2,1-4H3,(H,28,31). The van der Waals surface area contributed by atoms with E-state index in [-0.39, 0.29) is 5.91 Å². The lowest BCUT2D eigenvalue weighted by Crippen LogP contribution is -2.54. The molecule has 1 N–H and O–H groups in total. The van der Waals surface area contributed by atoms with Crippen LogP contribution in [0.3, 0.4) is 0 Å². The average molecular weight is 484 g/mol. The predicted molar refractivity (Wildman–Crippen MR) is 135 cm³/mol. The molecule has 4 aliphatic carbocycles. The van der Waals surface area contributed by atoms with Gasteiger partial charge in [0.15, 0.2) is 11.3 Å². The zero-order chi connectivity index (χ0) is 23.1. The van der Waals surface area contributed by atoms with Crippen molar-refractivity contribution in [2.24, 2.45) is 29.1 Å². The normalized spacial score (nSPS) is 28.5. The third kappa shape index (κ3) is 3.24. The number of carbonyl (C=O) groups excluding carboxylic acids is 1. The molecule has 7 heteroatoms. The first-order valence-electron chi connectivity index (χ1n) is 12.0. The van der Waals surface area contributed by atoms with E-state index in [0.717, 1.165) is 38.7 Å². The van der Waals surface area contributed by atoms with Gasteiger partial charge in [-0.3, -0.25) is 4.79 Å². The molecule has 0 spiro atoms. The maximum atomic E-state index is 13.4. The summed E-state index contributed by atoms with van der Waals surface area (Å²) in [6.45, 7) is 9.68. The highest BCUT2D eigenvalue weighted by Gasteiger charge is 2.54. The Morgan fingerprint density at radius 3 is 2.94 bits per heavy atom. The van der Waals surface area contributed by atoms with Gasteiger partial charge in [0.05, 0.1) is 15.4 Å². The van der Waals surface area contributed by atoms with E-state index in [4.69, 9.17) is 21.1 Å². The molecule has 3 aromatic rings. The molecule has 3 heterocycles. The molecule has 1 amide bonds. The van der Waals surface area contributed by atoms with Crippen LogP contribution in [-0.4, -0.2) is 22.2 Å². The highest BCUT2D eigenvalue weighted by Crippen LogP contribution is 2.61. The van der Waals surface area contributed by atoms with Crippen LogP contribution in [0.15, 0.2) is 27.7 Å². The maximum absolute atomic E-state index is 13.4. The summed E-state index contributed by atoms with van der Waals surface area (Å²) in [5, 5.41) is 8.61. The molecule has 33 heavy (non-hydrogen) atoms. The largest absolute Gasteiger partial charge is 0.451 e. The quantitative estimate of drug-likeness (QED) is 0.436. The van der Waals surface area contributed by atoms with Gasteiger partial charge in [-0.05, 0) is 67.8 Å². The number of nitrogens with zero attached hydrogens (tertiary/aromatic N) is 2. The van der Waals surface area contributed by atoms with Crippen molar-refractivity contribution in [3.63, 3.8) is 0 Å². The van der Waals surface area contributed by atoms with Gasteiger partial charge in [0.1, 0.15) is 11.1 Å². The molecule has 0 aromatic carbocycles. The number of aromatic nitrogens is 2. The minimum Gasteiger partial charge on any atom is -0.451 e. The smallest absolute Gasteiger partial charge is 0.275 e. The molecule has 7 rings (SSSR count). The van der Waals surface area contributed by atoms with E-state index in [0.29, 0.717) is 46.0 Å². The van der Waals surface area contributed by atoms with Crippen LogP contribution in [-0.2, 0) is 0 Å². The second kappa shape index (κ2) is 7.47. The molecule has 3 aromatic heterocycles. The Balaban J connectivity index is 1.35. The van der Waals surface area contributed by atoms with Gasteiger partial charge in [-0.15, -0.1) is 11.3 Å². The van der Waals surface area contributed by atoms with E-state index in [1.807, 2.05) is 10.7 Å². The number of hydrogen-bond donors (Lipinski definition) is 1. The summed E-state index contributed by atoms with van der Waals surface area (Å²) in [5.41, 5.74) is 3.75. The second-order valence-electron chi connectivity index (χ2n) is 10.8. The van der Waals surface area contributed by atoms with Crippen molar-refractivity contribution in [1.82, 2.24) is 15.1 Å². The summed E-state index contributed by atoms with van der Waals surface area (Å²) in [4.78, 5) is 14.5. The van der Waals surface area contributed by atoms with Gasteiger partial charge in [0.2, 0.25) is 0 Å². The number of nitrogens with one attached hydrogen (secondary N) is 1. The maximum Gasteiger partial charge on any atom is 0.275 e. The summed E-state index contributed by atoms with van der Waals surface area (Å²) >= 11 is 8.30. The summed E-state index contributed by atoms with van der Waals surface area (Å²) < 4.78 is 9.01. The number of furan rings is 1. The average Bonchev–Trinajstić information content (AvgIpc) is 3.41. The molecule has 4 unspecified atom stereocenters. The topological polar surface area (TPSA) is 60.1 Å². The van der Waals surface area contributed by atoms with E-state index < -0.39 is 0 Å². The van der Waals surface area contributed by atoms with Crippen LogP contribution >= 0.6 is 22.9 Å². The Labute approximate surface area is 202 Å². The zero-order valence-corrected chi connectivity index (χ0v) is 21.1. The van der Waals surface area contributed by atoms with Crippen molar-refractivity contribution < 1.29 is 9.21 Å². The number of fused-ring (bicyclic) bond motifs is 5. The van der Waals surface area contributed by atoms with Gasteiger partial charge < -0.3 is 9.73 Å². The molecule has 3 fully saturated rings. The number of allylic oxidation sites excluding steroid dienone is 4. The van der Waals surface area contributed by atoms with Crippen molar-refractivity contribution in [2.75, 3.05) is 6.54 Å². The third-order valence-electron chi connectivity index (χ3n) is 8.42. The highest BCUT2D eigenvalue weighted by atomic mass is 35.5. The van der Waals surface area contributed by atoms with E-state index in [1.54, 1.807) is 11.3 Å². The van der Waals surface area contributed by atoms with Crippen LogP contribution < -0.4 is 5.32 Å². The monoisotopic (exact) mass is 483 g/mol. The first-order valence-corrected chi connectivity index (χ1v) is 13.2. The number of halogens is 1. The van der Waals surface area contributed by atoms with E-state index >= 15 is 0 Å². The molecule has 174 valence electrons. The van der Waals surface area contributed by atoms with Crippen LogP contribution in [0.25, 0.3) is 27.1 Å². The lowest BCUT2D eigenvalue weighted by Gasteiger charge is -2.60. The molecule has 0 aliphatic heterocycles. The molecular formula is C26H30ClN3O2S. The van der Waals surface area contributed by atoms with Gasteiger partial charge in [-0.2, -0.15) is 5.10 Å². The Kier molecular flexibility index (Phi) is 4.87. The van der Waals surface area contributed by atoms with Crippen molar-refractivity contribution in [2.45, 2.75) is 53.4 Å². The lowest BCUT2D eigenvalue weighted by atomic mass is 9.45. The summed E-state index contributed by atoms with van der Waals surface area (Å²) in [5.74, 6) is 2.31. The van der Waals surface area contributed by atoms with Gasteiger partial charge >= 0.3 is 0 Å². The van der Waals surface area contributed by atoms with E-state index in [2.05, 4.69) is 45.2 Å². The van der Waals surface area contributed by atoms with Crippen LogP contribution in [0.2, 0.25) is 0 Å². The predicted octanol–water partition coefficient (Wildman–Crippen LogP) is 6.96. The minimum atomic E-state index is -0.166. The summed E-state index contributed by atoms with van der Waals surface area (Å²) in [6, 6.07) is 2.03. The Morgan fingerprint density at radius 1 is 1.39 bits per heavy atom. The van der Waals surface area contributed by atoms with Gasteiger partial charge in [-0.1, -0.05) is 44.5 Å². The van der Waals surface area contributed by atoms with Crippen LogP contribution in [0, 0.1) is 36.0 Å². The van der Waals surface area contributed by atoms with Crippen molar-refractivity contribution in [3.05, 3.63) is 33.8 Å². The molecule has 4 atom stereocenters. The van der Waals surface area contributed by atoms with Gasteiger partial charge in [0.25, 0.3) is 5.91 Å². The number of aryl methyl sites for hydroxylation is 1. The van der Waals surface area contributed by atoms with E-state index in [9.17, 15) is 4.79 Å². The molecular weight excluding hydrogens is 454 g/mol. The first kappa shape index (κ1) is 21.5. The van der Waals surface area contributed by atoms with Crippen LogP contribution in [0.4, 0.5) is 0 Å². The van der Waals surface area contributed by atoms with Crippen LogP contribution in [0.5, 0.6) is 0 Å². The summed E-state index contributed by atoms with van der Waals surface area (Å²) in [6.07, 6.45) is 8.82. The van der Waals surface area contributed by atoms with Crippen LogP contribution in [0.1, 0.15) is 61.8 Å². The fourth-order valence-corrected chi connectivity index (χ4v) is 7.70. The SMILES string of the molecule is Cc1cc2oc3c(C(=O)NCC4CCC5CC4C5(C)C)nn(C4=CCC(C)C=C4Cl)c3c2s1. The minimum absolute atomic E-state index is 0.166. The van der Waals surface area contributed by atoms with Crippen molar-refractivity contribution in [3.8, 4) is 0 Å². The first-order chi connectivity index (χ1) is 15.7. The van der Waals surface area contributed by atoms with E-state index in [1.165, 1.54) is 19.3 Å². The van der Waals surface area contributed by atoms with Crippen molar-refractivity contribution >= 4 is 55.9 Å². The number of thiophene rings is 1. The molecule has 5 nitrogen and oxygen atoms in total. The van der Waals surface area contributed by atoms with Gasteiger partial charge in [-0.25, -0.2) is 4.68 Å². The fraction of sp³-hybridized carbons (Fsp3) is 0.538. The molecule has 2 bridgehead atoms. The second-order valence-corrected chi connectivity index (χ2v) is 12.5. The molecule has 0 saturated heterocycles. The molecule has 4 aliphatic rings. The summed E-state index contributed by atoms with van der Waals surface area (Å²) in [7, 11) is 0. The number of carbonyl (C=O) groups is 1. The zero-order valence-electron chi connectivity index (χ0n) is 19.6. The van der Waals surface area contributed by atoms with Gasteiger partial charge in [0, 0.05) is 11.4 Å².